The van der Waals surface area contributed by atoms with Crippen LogP contribution in [0.4, 0.5) is 15.8 Å². The van der Waals surface area contributed by atoms with Gasteiger partial charge in [0.1, 0.15) is 23.7 Å². The quantitative estimate of drug-likeness (QED) is 0.545. The SMILES string of the molecule is Cc1c(Cl)ccc2c1NC(=O)[C@]21[NH2+][C@H](CCC(N)=O)[C@H]2C(=O)N(c3ccc(F)c(Cl)c3)C(=O)[C@H]21. The van der Waals surface area contributed by atoms with E-state index in [1.807, 2.05) is 0 Å². The third kappa shape index (κ3) is 3.00. The molecule has 0 saturated carbocycles. The second-order valence-electron chi connectivity index (χ2n) is 8.87. The molecule has 2 aromatic rings. The Labute approximate surface area is 203 Å². The lowest BCUT2D eigenvalue weighted by Gasteiger charge is -2.26. The zero-order valence-electron chi connectivity index (χ0n) is 17.9. The molecule has 2 saturated heterocycles. The van der Waals surface area contributed by atoms with Crippen LogP contribution in [-0.4, -0.2) is 29.7 Å². The van der Waals surface area contributed by atoms with Gasteiger partial charge in [-0.1, -0.05) is 23.2 Å². The smallest absolute Gasteiger partial charge is 0.291 e. The molecule has 8 nitrogen and oxygen atoms in total. The van der Waals surface area contributed by atoms with Crippen LogP contribution in [-0.2, 0) is 24.7 Å². The van der Waals surface area contributed by atoms with E-state index in [-0.39, 0.29) is 23.6 Å². The van der Waals surface area contributed by atoms with Gasteiger partial charge in [0.15, 0.2) is 0 Å². The Kier molecular flexibility index (Phi) is 5.20. The zero-order chi connectivity index (χ0) is 24.5. The highest BCUT2D eigenvalue weighted by molar-refractivity contribution is 6.33. The maximum Gasteiger partial charge on any atom is 0.291 e. The van der Waals surface area contributed by atoms with Gasteiger partial charge >= 0.3 is 0 Å². The van der Waals surface area contributed by atoms with Crippen LogP contribution in [0.3, 0.4) is 0 Å². The fraction of sp³-hybridized carbons (Fsp3) is 0.304. The fourth-order valence-electron chi connectivity index (χ4n) is 5.60. The van der Waals surface area contributed by atoms with Gasteiger partial charge in [-0.3, -0.25) is 19.2 Å². The predicted molar refractivity (Wildman–Crippen MR) is 122 cm³/mol. The predicted octanol–water partition coefficient (Wildman–Crippen LogP) is 1.61. The lowest BCUT2D eigenvalue weighted by molar-refractivity contribution is -0.733. The van der Waals surface area contributed by atoms with Crippen molar-refractivity contribution in [2.75, 3.05) is 10.2 Å². The number of benzene rings is 2. The number of anilines is 2. The van der Waals surface area contributed by atoms with Crippen LogP contribution in [0.5, 0.6) is 0 Å². The van der Waals surface area contributed by atoms with E-state index in [9.17, 15) is 23.6 Å². The summed E-state index contributed by atoms with van der Waals surface area (Å²) >= 11 is 12.2. The number of nitrogens with two attached hydrogens (primary N) is 2. The first-order valence-corrected chi connectivity index (χ1v) is 11.4. The molecule has 0 radical (unpaired) electrons. The summed E-state index contributed by atoms with van der Waals surface area (Å²) in [6.45, 7) is 1.76. The molecule has 2 fully saturated rings. The minimum Gasteiger partial charge on any atom is -0.370 e. The molecule has 5 rings (SSSR count). The Hall–Kier alpha value is -3.01. The lowest BCUT2D eigenvalue weighted by atomic mass is 9.76. The van der Waals surface area contributed by atoms with Crippen molar-refractivity contribution in [2.45, 2.75) is 31.3 Å². The van der Waals surface area contributed by atoms with E-state index in [2.05, 4.69) is 5.32 Å². The molecule has 2 aromatic carbocycles. The molecule has 0 aliphatic carbocycles. The van der Waals surface area contributed by atoms with Crippen LogP contribution in [0, 0.1) is 24.6 Å². The van der Waals surface area contributed by atoms with E-state index in [0.717, 1.165) is 11.0 Å². The van der Waals surface area contributed by atoms with Crippen LogP contribution >= 0.6 is 23.2 Å². The summed E-state index contributed by atoms with van der Waals surface area (Å²) in [5.41, 5.74) is 5.74. The lowest BCUT2D eigenvalue weighted by Crippen LogP contribution is -2.99. The Morgan fingerprint density at radius 3 is 2.59 bits per heavy atom. The summed E-state index contributed by atoms with van der Waals surface area (Å²) in [6, 6.07) is 6.33. The molecule has 0 aromatic heterocycles. The second-order valence-corrected chi connectivity index (χ2v) is 9.68. The molecular weight excluding hydrogens is 486 g/mol. The number of amides is 4. The van der Waals surface area contributed by atoms with Crippen molar-refractivity contribution in [3.63, 3.8) is 0 Å². The molecule has 5 N–H and O–H groups in total. The average Bonchev–Trinajstić information content (AvgIpc) is 3.36. The second kappa shape index (κ2) is 7.76. The van der Waals surface area contributed by atoms with Crippen LogP contribution in [0.1, 0.15) is 24.0 Å². The van der Waals surface area contributed by atoms with Gasteiger partial charge in [0, 0.05) is 23.4 Å². The van der Waals surface area contributed by atoms with Crippen LogP contribution in [0.2, 0.25) is 10.0 Å². The first-order chi connectivity index (χ1) is 16.1. The summed E-state index contributed by atoms with van der Waals surface area (Å²) < 4.78 is 13.7. The van der Waals surface area contributed by atoms with Crippen molar-refractivity contribution in [1.29, 1.82) is 0 Å². The van der Waals surface area contributed by atoms with Crippen LogP contribution in [0.25, 0.3) is 0 Å². The minimum absolute atomic E-state index is 0.0154. The highest BCUT2D eigenvalue weighted by Crippen LogP contribution is 2.51. The first kappa shape index (κ1) is 22.8. The molecule has 11 heteroatoms. The third-order valence-electron chi connectivity index (χ3n) is 7.12. The summed E-state index contributed by atoms with van der Waals surface area (Å²) in [5, 5.41) is 4.77. The number of fused-ring (bicyclic) bond motifs is 4. The van der Waals surface area contributed by atoms with E-state index in [1.165, 1.54) is 12.1 Å². The average molecular weight is 506 g/mol. The number of hydrogen-bond acceptors (Lipinski definition) is 4. The molecule has 0 bridgehead atoms. The standard InChI is InChI=1S/C23H19Cl2FN4O4/c1-9-12(24)4-3-11-19(9)28-22(34)23(11)18-17(15(29-23)6-7-16(27)31)20(32)30(21(18)33)10-2-5-14(26)13(25)8-10/h2-5,8,15,17-18,29H,6-7H2,1H3,(H2,27,31)(H,28,34)/p+1/t15-,17-,18+,23+/m1/s1. The van der Waals surface area contributed by atoms with Gasteiger partial charge in [-0.05, 0) is 42.8 Å². The number of carbonyl (C=O) groups is 4. The van der Waals surface area contributed by atoms with Crippen LogP contribution in [0.15, 0.2) is 30.3 Å². The van der Waals surface area contributed by atoms with Crippen molar-refractivity contribution >= 4 is 58.2 Å². The normalized spacial score (nSPS) is 27.4. The van der Waals surface area contributed by atoms with Gasteiger partial charge in [0.25, 0.3) is 5.91 Å². The zero-order valence-corrected chi connectivity index (χ0v) is 19.4. The number of halogens is 3. The Balaban J connectivity index is 1.67. The molecule has 1 spiro atoms. The molecule has 34 heavy (non-hydrogen) atoms. The summed E-state index contributed by atoms with van der Waals surface area (Å²) in [4.78, 5) is 53.4. The number of nitrogens with one attached hydrogen (secondary N) is 1. The number of carbonyl (C=O) groups excluding carboxylic acids is 4. The fourth-order valence-corrected chi connectivity index (χ4v) is 5.93. The van der Waals surface area contributed by atoms with Crippen molar-refractivity contribution in [2.24, 2.45) is 17.6 Å². The highest BCUT2D eigenvalue weighted by atomic mass is 35.5. The van der Waals surface area contributed by atoms with Crippen molar-refractivity contribution in [1.82, 2.24) is 0 Å². The first-order valence-electron chi connectivity index (χ1n) is 10.7. The number of quaternary nitrogens is 1. The largest absolute Gasteiger partial charge is 0.370 e. The molecule has 4 amide bonds. The molecule has 4 atom stereocenters. The maximum absolute atomic E-state index is 13.8. The summed E-state index contributed by atoms with van der Waals surface area (Å²) in [6.07, 6.45) is 0.183. The van der Waals surface area contributed by atoms with E-state index < -0.39 is 52.9 Å². The number of rotatable bonds is 4. The molecule has 3 aliphatic rings. The number of imide groups is 1. The highest BCUT2D eigenvalue weighted by Gasteiger charge is 2.74. The molecular formula is C23H20Cl2FN4O4+. The van der Waals surface area contributed by atoms with Gasteiger partial charge < -0.3 is 16.4 Å². The number of hydrogen-bond donors (Lipinski definition) is 3. The molecule has 3 heterocycles. The summed E-state index contributed by atoms with van der Waals surface area (Å²) in [5.74, 6) is -4.76. The maximum atomic E-state index is 13.8. The number of primary amides is 1. The van der Waals surface area contributed by atoms with E-state index in [4.69, 9.17) is 28.9 Å². The van der Waals surface area contributed by atoms with Crippen LogP contribution < -0.4 is 21.3 Å². The van der Waals surface area contributed by atoms with Crippen molar-refractivity contribution in [3.8, 4) is 0 Å². The Morgan fingerprint density at radius 2 is 1.91 bits per heavy atom. The number of nitrogens with zero attached hydrogens (tertiary/aromatic N) is 1. The summed E-state index contributed by atoms with van der Waals surface area (Å²) in [7, 11) is 0. The van der Waals surface area contributed by atoms with Gasteiger partial charge in [-0.15, -0.1) is 0 Å². The Bertz CT molecular complexity index is 1300. The molecule has 3 aliphatic heterocycles. The van der Waals surface area contributed by atoms with Gasteiger partial charge in [-0.2, -0.15) is 0 Å². The topological polar surface area (TPSA) is 126 Å². The Morgan fingerprint density at radius 1 is 1.18 bits per heavy atom. The molecule has 0 unspecified atom stereocenters. The third-order valence-corrected chi connectivity index (χ3v) is 7.82. The van der Waals surface area contributed by atoms with Crippen molar-refractivity contribution in [3.05, 3.63) is 57.3 Å². The van der Waals surface area contributed by atoms with Gasteiger partial charge in [-0.25, -0.2) is 9.29 Å². The van der Waals surface area contributed by atoms with E-state index >= 15 is 0 Å². The van der Waals surface area contributed by atoms with Gasteiger partial charge in [0.05, 0.1) is 16.4 Å². The van der Waals surface area contributed by atoms with Gasteiger partial charge in [0.2, 0.25) is 23.3 Å². The van der Waals surface area contributed by atoms with Crippen molar-refractivity contribution < 1.29 is 28.9 Å². The monoisotopic (exact) mass is 505 g/mol. The van der Waals surface area contributed by atoms with E-state index in [0.29, 0.717) is 21.8 Å². The molecule has 176 valence electrons. The minimum atomic E-state index is -1.43. The van der Waals surface area contributed by atoms with E-state index in [1.54, 1.807) is 24.4 Å².